The number of allylic oxidation sites excluding steroid dienone is 2. The average molecular weight is 189 g/mol. The number of aryl methyl sites for hydroxylation is 1. The molecule has 1 heterocycles. The van der Waals surface area contributed by atoms with Gasteiger partial charge in [-0.25, -0.2) is 0 Å². The van der Waals surface area contributed by atoms with Gasteiger partial charge in [0.15, 0.2) is 0 Å². The lowest BCUT2D eigenvalue weighted by Crippen LogP contribution is -1.92. The third kappa shape index (κ3) is 2.09. The Balaban J connectivity index is 2.19. The van der Waals surface area contributed by atoms with Crippen molar-refractivity contribution in [3.63, 3.8) is 0 Å². The Morgan fingerprint density at radius 1 is 1.14 bits per heavy atom. The van der Waals surface area contributed by atoms with Gasteiger partial charge >= 0.3 is 0 Å². The van der Waals surface area contributed by atoms with Gasteiger partial charge in [0.2, 0.25) is 0 Å². The SMILES string of the molecule is Cc1cc[nH]c1C1=CCCCCCC1. The Kier molecular flexibility index (Phi) is 3.07. The molecule has 0 unspecified atom stereocenters. The molecule has 0 spiro atoms. The van der Waals surface area contributed by atoms with E-state index >= 15 is 0 Å². The summed E-state index contributed by atoms with van der Waals surface area (Å²) in [5.41, 5.74) is 4.29. The zero-order valence-electron chi connectivity index (χ0n) is 8.97. The normalized spacial score (nSPS) is 18.5. The quantitative estimate of drug-likeness (QED) is 0.685. The fourth-order valence-electron chi connectivity index (χ4n) is 2.21. The molecular weight excluding hydrogens is 170 g/mol. The van der Waals surface area contributed by atoms with E-state index < -0.39 is 0 Å². The van der Waals surface area contributed by atoms with Crippen LogP contribution in [0.1, 0.15) is 49.8 Å². The summed E-state index contributed by atoms with van der Waals surface area (Å²) in [7, 11) is 0. The van der Waals surface area contributed by atoms with Gasteiger partial charge in [-0.2, -0.15) is 0 Å². The molecule has 0 aromatic carbocycles. The molecule has 1 aromatic rings. The summed E-state index contributed by atoms with van der Waals surface area (Å²) < 4.78 is 0. The zero-order chi connectivity index (χ0) is 9.80. The Bertz CT molecular complexity index is 320. The molecule has 2 rings (SSSR count). The van der Waals surface area contributed by atoms with Crippen molar-refractivity contribution < 1.29 is 0 Å². The summed E-state index contributed by atoms with van der Waals surface area (Å²) in [6.07, 6.45) is 12.5. The van der Waals surface area contributed by atoms with Crippen LogP contribution in [-0.2, 0) is 0 Å². The highest BCUT2D eigenvalue weighted by atomic mass is 14.7. The van der Waals surface area contributed by atoms with Gasteiger partial charge < -0.3 is 4.98 Å². The molecule has 0 saturated carbocycles. The number of nitrogens with one attached hydrogen (secondary N) is 1. The van der Waals surface area contributed by atoms with Crippen LogP contribution in [0.4, 0.5) is 0 Å². The molecule has 0 amide bonds. The van der Waals surface area contributed by atoms with Gasteiger partial charge in [-0.05, 0) is 49.8 Å². The van der Waals surface area contributed by atoms with E-state index in [1.54, 1.807) is 0 Å². The third-order valence-corrected chi connectivity index (χ3v) is 3.07. The number of hydrogen-bond donors (Lipinski definition) is 1. The summed E-state index contributed by atoms with van der Waals surface area (Å²) in [5, 5.41) is 0. The molecule has 1 heteroatoms. The molecule has 0 fully saturated rings. The van der Waals surface area contributed by atoms with E-state index in [2.05, 4.69) is 24.1 Å². The summed E-state index contributed by atoms with van der Waals surface area (Å²) in [4.78, 5) is 3.36. The first-order valence-corrected chi connectivity index (χ1v) is 5.71. The van der Waals surface area contributed by atoms with Gasteiger partial charge in [-0.3, -0.25) is 0 Å². The van der Waals surface area contributed by atoms with E-state index in [1.165, 1.54) is 55.4 Å². The smallest absolute Gasteiger partial charge is 0.0439 e. The molecule has 1 nitrogen and oxygen atoms in total. The van der Waals surface area contributed by atoms with E-state index in [4.69, 9.17) is 0 Å². The van der Waals surface area contributed by atoms with Crippen LogP contribution in [0.25, 0.3) is 5.57 Å². The molecular formula is C13H19N. The molecule has 0 atom stereocenters. The molecule has 1 aromatic heterocycles. The number of H-pyrrole nitrogens is 1. The van der Waals surface area contributed by atoms with Crippen molar-refractivity contribution in [2.24, 2.45) is 0 Å². The molecule has 0 saturated heterocycles. The van der Waals surface area contributed by atoms with Crippen molar-refractivity contribution in [1.82, 2.24) is 4.98 Å². The van der Waals surface area contributed by atoms with Crippen molar-refractivity contribution in [3.8, 4) is 0 Å². The average Bonchev–Trinajstić information content (AvgIpc) is 2.51. The van der Waals surface area contributed by atoms with Crippen LogP contribution in [0.3, 0.4) is 0 Å². The maximum atomic E-state index is 3.36. The highest BCUT2D eigenvalue weighted by Crippen LogP contribution is 2.26. The summed E-state index contributed by atoms with van der Waals surface area (Å²) in [6.45, 7) is 2.19. The molecule has 0 aliphatic heterocycles. The predicted molar refractivity (Wildman–Crippen MR) is 61.2 cm³/mol. The summed E-state index contributed by atoms with van der Waals surface area (Å²) >= 11 is 0. The molecule has 0 radical (unpaired) electrons. The molecule has 0 bridgehead atoms. The first-order valence-electron chi connectivity index (χ1n) is 5.71. The van der Waals surface area contributed by atoms with E-state index in [0.29, 0.717) is 0 Å². The van der Waals surface area contributed by atoms with Crippen molar-refractivity contribution >= 4 is 5.57 Å². The number of rotatable bonds is 1. The molecule has 76 valence electrons. The van der Waals surface area contributed by atoms with Crippen LogP contribution >= 0.6 is 0 Å². The van der Waals surface area contributed by atoms with E-state index in [0.717, 1.165) is 0 Å². The number of hydrogen-bond acceptors (Lipinski definition) is 0. The Hall–Kier alpha value is -0.980. The summed E-state index contributed by atoms with van der Waals surface area (Å²) in [5.74, 6) is 0. The number of aromatic amines is 1. The fourth-order valence-corrected chi connectivity index (χ4v) is 2.21. The zero-order valence-corrected chi connectivity index (χ0v) is 8.97. The fraction of sp³-hybridized carbons (Fsp3) is 0.538. The first-order chi connectivity index (χ1) is 6.88. The van der Waals surface area contributed by atoms with Gasteiger partial charge in [0.05, 0.1) is 0 Å². The Labute approximate surface area is 86.2 Å². The maximum Gasteiger partial charge on any atom is 0.0439 e. The summed E-state index contributed by atoms with van der Waals surface area (Å²) in [6, 6.07) is 2.16. The highest BCUT2D eigenvalue weighted by Gasteiger charge is 2.07. The molecule has 14 heavy (non-hydrogen) atoms. The highest BCUT2D eigenvalue weighted by molar-refractivity contribution is 5.65. The third-order valence-electron chi connectivity index (χ3n) is 3.07. The van der Waals surface area contributed by atoms with Crippen LogP contribution in [-0.4, -0.2) is 4.98 Å². The van der Waals surface area contributed by atoms with Crippen molar-refractivity contribution in [2.45, 2.75) is 45.4 Å². The van der Waals surface area contributed by atoms with Crippen LogP contribution in [0, 0.1) is 6.92 Å². The van der Waals surface area contributed by atoms with Crippen molar-refractivity contribution in [3.05, 3.63) is 29.6 Å². The van der Waals surface area contributed by atoms with Crippen LogP contribution in [0.15, 0.2) is 18.3 Å². The standard InChI is InChI=1S/C13H19N/c1-11-9-10-14-13(11)12-7-5-3-2-4-6-8-12/h7,9-10,14H,2-6,8H2,1H3. The monoisotopic (exact) mass is 189 g/mol. The Morgan fingerprint density at radius 2 is 2.00 bits per heavy atom. The second-order valence-corrected chi connectivity index (χ2v) is 4.22. The Morgan fingerprint density at radius 3 is 2.79 bits per heavy atom. The van der Waals surface area contributed by atoms with Gasteiger partial charge in [0.1, 0.15) is 0 Å². The minimum atomic E-state index is 1.25. The second kappa shape index (κ2) is 4.50. The van der Waals surface area contributed by atoms with Crippen LogP contribution in [0.2, 0.25) is 0 Å². The largest absolute Gasteiger partial charge is 0.361 e. The van der Waals surface area contributed by atoms with Crippen molar-refractivity contribution in [1.29, 1.82) is 0 Å². The topological polar surface area (TPSA) is 15.8 Å². The maximum absolute atomic E-state index is 3.36. The van der Waals surface area contributed by atoms with Gasteiger partial charge in [0, 0.05) is 11.9 Å². The lowest BCUT2D eigenvalue weighted by atomic mass is 9.97. The minimum Gasteiger partial charge on any atom is -0.361 e. The first kappa shape index (κ1) is 9.57. The number of aromatic nitrogens is 1. The van der Waals surface area contributed by atoms with Crippen LogP contribution in [0.5, 0.6) is 0 Å². The van der Waals surface area contributed by atoms with Crippen LogP contribution < -0.4 is 0 Å². The van der Waals surface area contributed by atoms with Gasteiger partial charge in [-0.1, -0.05) is 18.9 Å². The van der Waals surface area contributed by atoms with Gasteiger partial charge in [-0.15, -0.1) is 0 Å². The minimum absolute atomic E-state index is 1.25. The predicted octanol–water partition coefficient (Wildman–Crippen LogP) is 4.06. The lowest BCUT2D eigenvalue weighted by Gasteiger charge is -2.11. The molecule has 1 N–H and O–H groups in total. The lowest BCUT2D eigenvalue weighted by molar-refractivity contribution is 0.643. The van der Waals surface area contributed by atoms with E-state index in [1.807, 2.05) is 6.20 Å². The molecule has 1 aliphatic rings. The van der Waals surface area contributed by atoms with E-state index in [-0.39, 0.29) is 0 Å². The molecule has 1 aliphatic carbocycles. The van der Waals surface area contributed by atoms with Crippen molar-refractivity contribution in [2.75, 3.05) is 0 Å². The second-order valence-electron chi connectivity index (χ2n) is 4.22. The van der Waals surface area contributed by atoms with Gasteiger partial charge in [0.25, 0.3) is 0 Å². The van der Waals surface area contributed by atoms with E-state index in [9.17, 15) is 0 Å².